The first kappa shape index (κ1) is 14.7. The molecule has 0 fully saturated rings. The number of hydrogen-bond acceptors (Lipinski definition) is 2. The van der Waals surface area contributed by atoms with Crippen molar-refractivity contribution in [2.75, 3.05) is 0 Å². The van der Waals surface area contributed by atoms with Crippen molar-refractivity contribution in [1.29, 1.82) is 0 Å². The molecule has 104 valence electrons. The van der Waals surface area contributed by atoms with E-state index in [0.717, 1.165) is 28.9 Å². The maximum absolute atomic E-state index is 12.4. The Morgan fingerprint density at radius 1 is 1.05 bits per heavy atom. The van der Waals surface area contributed by atoms with Gasteiger partial charge in [-0.2, -0.15) is 13.2 Å². The molecule has 1 nitrogen and oxygen atoms in total. The number of halogens is 3. The highest BCUT2D eigenvalue weighted by Crippen LogP contribution is 2.30. The van der Waals surface area contributed by atoms with Gasteiger partial charge >= 0.3 is 6.18 Å². The molecule has 0 bridgehead atoms. The Kier molecular flexibility index (Phi) is 4.49. The molecule has 0 saturated heterocycles. The maximum Gasteiger partial charge on any atom is 0.416 e. The van der Waals surface area contributed by atoms with E-state index in [2.05, 4.69) is 0 Å². The average Bonchev–Trinajstić information content (AvgIpc) is 2.45. The molecular weight excluding hydrogens is 285 g/mol. The van der Waals surface area contributed by atoms with Crippen molar-refractivity contribution in [3.8, 4) is 0 Å². The van der Waals surface area contributed by atoms with Crippen LogP contribution in [-0.4, -0.2) is 6.29 Å². The molecule has 2 rings (SSSR count). The Morgan fingerprint density at radius 2 is 1.75 bits per heavy atom. The van der Waals surface area contributed by atoms with Gasteiger partial charge in [-0.3, -0.25) is 4.79 Å². The molecule has 0 aliphatic rings. The summed E-state index contributed by atoms with van der Waals surface area (Å²) in [6.07, 6.45) is -3.54. The van der Waals surface area contributed by atoms with Crippen LogP contribution in [0.3, 0.4) is 0 Å². The van der Waals surface area contributed by atoms with Crippen molar-refractivity contribution in [3.05, 3.63) is 65.2 Å². The summed E-state index contributed by atoms with van der Waals surface area (Å²) >= 11 is 1.48. The first-order valence-corrected chi connectivity index (χ1v) is 6.82. The minimum atomic E-state index is -4.30. The smallest absolute Gasteiger partial charge is 0.298 e. The quantitative estimate of drug-likeness (QED) is 0.595. The van der Waals surface area contributed by atoms with Crippen LogP contribution in [-0.2, 0) is 11.9 Å². The fourth-order valence-electron chi connectivity index (χ4n) is 1.63. The van der Waals surface area contributed by atoms with Crippen LogP contribution in [0.5, 0.6) is 0 Å². The number of rotatable bonds is 4. The van der Waals surface area contributed by atoms with Crippen LogP contribution in [0.2, 0.25) is 0 Å². The molecule has 5 heteroatoms. The van der Waals surface area contributed by atoms with Gasteiger partial charge < -0.3 is 0 Å². The molecule has 20 heavy (non-hydrogen) atoms. The highest BCUT2D eigenvalue weighted by Gasteiger charge is 2.29. The van der Waals surface area contributed by atoms with Crippen molar-refractivity contribution < 1.29 is 18.0 Å². The van der Waals surface area contributed by atoms with Crippen LogP contribution < -0.4 is 0 Å². The zero-order valence-electron chi connectivity index (χ0n) is 10.4. The highest BCUT2D eigenvalue weighted by molar-refractivity contribution is 7.98. The molecule has 0 aliphatic carbocycles. The second kappa shape index (κ2) is 6.13. The lowest BCUT2D eigenvalue weighted by Gasteiger charge is -2.07. The Labute approximate surface area is 118 Å². The van der Waals surface area contributed by atoms with E-state index in [1.807, 2.05) is 6.07 Å². The van der Waals surface area contributed by atoms with E-state index in [0.29, 0.717) is 11.3 Å². The number of carbonyl (C=O) groups excluding carboxylic acids is 1. The third kappa shape index (κ3) is 3.87. The van der Waals surface area contributed by atoms with Crippen molar-refractivity contribution in [2.24, 2.45) is 0 Å². The lowest BCUT2D eigenvalue weighted by molar-refractivity contribution is -0.137. The van der Waals surface area contributed by atoms with E-state index < -0.39 is 11.7 Å². The molecule has 0 unspecified atom stereocenters. The van der Waals surface area contributed by atoms with Gasteiger partial charge in [-0.05, 0) is 29.8 Å². The third-order valence-electron chi connectivity index (χ3n) is 2.68. The first-order valence-electron chi connectivity index (χ1n) is 5.83. The molecule has 0 atom stereocenters. The van der Waals surface area contributed by atoms with Crippen molar-refractivity contribution in [3.63, 3.8) is 0 Å². The molecule has 2 aromatic carbocycles. The van der Waals surface area contributed by atoms with Crippen molar-refractivity contribution >= 4 is 18.0 Å². The molecule has 0 aromatic heterocycles. The van der Waals surface area contributed by atoms with E-state index in [-0.39, 0.29) is 0 Å². The third-order valence-corrected chi connectivity index (χ3v) is 3.75. The molecule has 0 radical (unpaired) electrons. The van der Waals surface area contributed by atoms with Gasteiger partial charge in [0.15, 0.2) is 0 Å². The van der Waals surface area contributed by atoms with E-state index >= 15 is 0 Å². The molecule has 0 amide bonds. The summed E-state index contributed by atoms with van der Waals surface area (Å²) in [6.45, 7) is 0. The maximum atomic E-state index is 12.4. The van der Waals surface area contributed by atoms with Gasteiger partial charge in [-0.15, -0.1) is 11.8 Å². The molecule has 0 saturated carbocycles. The predicted molar refractivity (Wildman–Crippen MR) is 72.8 cm³/mol. The van der Waals surface area contributed by atoms with Gasteiger partial charge in [0.25, 0.3) is 0 Å². The SMILES string of the molecule is O=Cc1cccc(SCc2ccc(C(F)(F)F)cc2)c1. The summed E-state index contributed by atoms with van der Waals surface area (Å²) < 4.78 is 37.2. The molecular formula is C15H11F3OS. The number of thioether (sulfide) groups is 1. The van der Waals surface area contributed by atoms with E-state index in [1.165, 1.54) is 23.9 Å². The minimum absolute atomic E-state index is 0.556. The van der Waals surface area contributed by atoms with Crippen LogP contribution in [0.4, 0.5) is 13.2 Å². The zero-order valence-corrected chi connectivity index (χ0v) is 11.2. The van der Waals surface area contributed by atoms with Crippen LogP contribution in [0.15, 0.2) is 53.4 Å². The Balaban J connectivity index is 2.02. The fraction of sp³-hybridized carbons (Fsp3) is 0.133. The Morgan fingerprint density at radius 3 is 2.35 bits per heavy atom. The van der Waals surface area contributed by atoms with Gasteiger partial charge in [-0.25, -0.2) is 0 Å². The van der Waals surface area contributed by atoms with Crippen LogP contribution in [0, 0.1) is 0 Å². The molecule has 0 N–H and O–H groups in total. The highest BCUT2D eigenvalue weighted by atomic mass is 32.2. The average molecular weight is 296 g/mol. The summed E-state index contributed by atoms with van der Waals surface area (Å²) in [5.41, 5.74) is 0.746. The monoisotopic (exact) mass is 296 g/mol. The number of aldehydes is 1. The minimum Gasteiger partial charge on any atom is -0.298 e. The van der Waals surface area contributed by atoms with Gasteiger partial charge in [0.1, 0.15) is 6.29 Å². The Hall–Kier alpha value is -1.75. The summed E-state index contributed by atoms with van der Waals surface area (Å²) in [4.78, 5) is 11.6. The summed E-state index contributed by atoms with van der Waals surface area (Å²) in [6, 6.07) is 12.2. The lowest BCUT2D eigenvalue weighted by Crippen LogP contribution is -2.04. The number of carbonyl (C=O) groups is 1. The van der Waals surface area contributed by atoms with Gasteiger partial charge in [0.2, 0.25) is 0 Å². The zero-order chi connectivity index (χ0) is 14.6. The summed E-state index contributed by atoms with van der Waals surface area (Å²) in [5.74, 6) is 0.556. The van der Waals surface area contributed by atoms with Gasteiger partial charge in [0.05, 0.1) is 5.56 Å². The number of hydrogen-bond donors (Lipinski definition) is 0. The largest absolute Gasteiger partial charge is 0.416 e. The number of alkyl halides is 3. The fourth-order valence-corrected chi connectivity index (χ4v) is 2.55. The molecule has 0 heterocycles. The van der Waals surface area contributed by atoms with Crippen LogP contribution in [0.1, 0.15) is 21.5 Å². The molecule has 2 aromatic rings. The normalized spacial score (nSPS) is 11.3. The summed E-state index contributed by atoms with van der Waals surface area (Å²) in [5, 5.41) is 0. The van der Waals surface area contributed by atoms with Crippen molar-refractivity contribution in [1.82, 2.24) is 0 Å². The van der Waals surface area contributed by atoms with E-state index in [4.69, 9.17) is 0 Å². The second-order valence-corrected chi connectivity index (χ2v) is 5.22. The standard InChI is InChI=1S/C15H11F3OS/c16-15(17,18)13-6-4-11(5-7-13)10-20-14-3-1-2-12(8-14)9-19/h1-9H,10H2. The van der Waals surface area contributed by atoms with Gasteiger partial charge in [-0.1, -0.05) is 24.3 Å². The molecule has 0 aliphatic heterocycles. The van der Waals surface area contributed by atoms with Crippen molar-refractivity contribution in [2.45, 2.75) is 16.8 Å². The van der Waals surface area contributed by atoms with E-state index in [1.54, 1.807) is 18.2 Å². The topological polar surface area (TPSA) is 17.1 Å². The van der Waals surface area contributed by atoms with E-state index in [9.17, 15) is 18.0 Å². The first-order chi connectivity index (χ1) is 9.49. The number of benzene rings is 2. The van der Waals surface area contributed by atoms with Crippen LogP contribution >= 0.6 is 11.8 Å². The Bertz CT molecular complexity index is 591. The second-order valence-electron chi connectivity index (χ2n) is 4.17. The summed E-state index contributed by atoms with van der Waals surface area (Å²) in [7, 11) is 0. The lowest BCUT2D eigenvalue weighted by atomic mass is 10.1. The van der Waals surface area contributed by atoms with Gasteiger partial charge in [0, 0.05) is 16.2 Å². The predicted octanol–water partition coefficient (Wildman–Crippen LogP) is 4.81. The molecule has 0 spiro atoms. The van der Waals surface area contributed by atoms with Crippen LogP contribution in [0.25, 0.3) is 0 Å².